The molecule has 0 unspecified atom stereocenters. The van der Waals surface area contributed by atoms with Gasteiger partial charge in [0.2, 0.25) is 0 Å². The number of nitrogens with zero attached hydrogens (tertiary/aromatic N) is 2. The van der Waals surface area contributed by atoms with Gasteiger partial charge in [-0.2, -0.15) is 23.0 Å². The Morgan fingerprint density at radius 2 is 1.69 bits per heavy atom. The van der Waals surface area contributed by atoms with Gasteiger partial charge in [-0.3, -0.25) is 0 Å². The number of alkyl halides is 4. The van der Waals surface area contributed by atoms with E-state index in [2.05, 4.69) is 10.4 Å². The van der Waals surface area contributed by atoms with Gasteiger partial charge in [-0.05, 0) is 29.8 Å². The first kappa shape index (κ1) is 20.7. The van der Waals surface area contributed by atoms with Crippen LogP contribution in [-0.4, -0.2) is 15.8 Å². The van der Waals surface area contributed by atoms with Gasteiger partial charge in [0.1, 0.15) is 0 Å². The fraction of sp³-hybridized carbons (Fsp3) is 0.111. The molecule has 1 N–H and O–H groups in total. The van der Waals surface area contributed by atoms with Crippen molar-refractivity contribution in [2.24, 2.45) is 0 Å². The summed E-state index contributed by atoms with van der Waals surface area (Å²) in [4.78, 5) is 12.5. The molecule has 0 saturated heterocycles. The molecule has 152 valence electrons. The summed E-state index contributed by atoms with van der Waals surface area (Å²) in [5.41, 5.74) is -1.50. The Kier molecular flexibility index (Phi) is 5.56. The van der Waals surface area contributed by atoms with Crippen molar-refractivity contribution in [1.82, 2.24) is 9.78 Å². The molecule has 11 heteroatoms. The largest absolute Gasteiger partial charge is 0.435 e. The van der Waals surface area contributed by atoms with Crippen LogP contribution in [0, 0.1) is 17.5 Å². The van der Waals surface area contributed by atoms with E-state index >= 15 is 0 Å². The summed E-state index contributed by atoms with van der Waals surface area (Å²) in [6, 6.07) is 6.70. The van der Waals surface area contributed by atoms with Gasteiger partial charge in [-0.15, -0.1) is 11.6 Å². The van der Waals surface area contributed by atoms with Crippen LogP contribution in [-0.2, 0) is 12.1 Å². The van der Waals surface area contributed by atoms with E-state index in [9.17, 15) is 31.1 Å². The zero-order valence-corrected chi connectivity index (χ0v) is 15.0. The van der Waals surface area contributed by atoms with E-state index in [1.54, 1.807) is 0 Å². The van der Waals surface area contributed by atoms with Crippen LogP contribution in [0.25, 0.3) is 11.1 Å². The molecule has 3 rings (SSSR count). The third kappa shape index (κ3) is 4.21. The summed E-state index contributed by atoms with van der Waals surface area (Å²) in [5, 5.41) is 5.53. The van der Waals surface area contributed by atoms with Crippen molar-refractivity contribution in [3.05, 3.63) is 71.3 Å². The Bertz CT molecular complexity index is 1060. The van der Waals surface area contributed by atoms with Gasteiger partial charge in [-0.1, -0.05) is 18.2 Å². The second kappa shape index (κ2) is 7.78. The highest BCUT2D eigenvalue weighted by Crippen LogP contribution is 2.31. The lowest BCUT2D eigenvalue weighted by molar-refractivity contribution is -0.141. The lowest BCUT2D eigenvalue weighted by Crippen LogP contribution is -2.23. The summed E-state index contributed by atoms with van der Waals surface area (Å²) in [6.45, 7) is 0. The number of amides is 1. The van der Waals surface area contributed by atoms with E-state index in [1.165, 1.54) is 24.3 Å². The molecule has 0 aliphatic rings. The molecule has 1 amide bonds. The first-order valence-corrected chi connectivity index (χ1v) is 8.42. The van der Waals surface area contributed by atoms with Crippen LogP contribution in [0.2, 0.25) is 0 Å². The number of halogens is 7. The van der Waals surface area contributed by atoms with Crippen molar-refractivity contribution >= 4 is 23.3 Å². The van der Waals surface area contributed by atoms with Gasteiger partial charge in [0.05, 0.1) is 17.3 Å². The van der Waals surface area contributed by atoms with E-state index in [1.807, 2.05) is 0 Å². The van der Waals surface area contributed by atoms with E-state index in [4.69, 9.17) is 11.6 Å². The minimum Gasteiger partial charge on any atom is -0.305 e. The third-order valence-corrected chi connectivity index (χ3v) is 4.14. The smallest absolute Gasteiger partial charge is 0.305 e. The summed E-state index contributed by atoms with van der Waals surface area (Å²) in [5.74, 6) is -4.95. The minimum absolute atomic E-state index is 0.00693. The first-order valence-electron chi connectivity index (χ1n) is 7.89. The number of anilines is 1. The van der Waals surface area contributed by atoms with Gasteiger partial charge in [-0.25, -0.2) is 18.0 Å². The molecule has 0 spiro atoms. The maximum absolute atomic E-state index is 13.6. The average molecular weight is 434 g/mol. The number of carbonyl (C=O) groups is 1. The fourth-order valence-corrected chi connectivity index (χ4v) is 2.74. The lowest BCUT2D eigenvalue weighted by atomic mass is 10.0. The number of hydrogen-bond acceptors (Lipinski definition) is 2. The number of para-hydroxylation sites is 1. The van der Waals surface area contributed by atoms with Gasteiger partial charge in [0.15, 0.2) is 23.1 Å². The number of nitrogens with one attached hydrogen (secondary N) is 1. The highest BCUT2D eigenvalue weighted by Gasteiger charge is 2.35. The maximum Gasteiger partial charge on any atom is 0.435 e. The van der Waals surface area contributed by atoms with Crippen LogP contribution in [0.4, 0.5) is 36.8 Å². The molecule has 2 aromatic carbocycles. The van der Waals surface area contributed by atoms with Gasteiger partial charge in [0.25, 0.3) is 0 Å². The summed E-state index contributed by atoms with van der Waals surface area (Å²) < 4.78 is 79.3. The van der Waals surface area contributed by atoms with E-state index in [0.717, 1.165) is 12.1 Å². The van der Waals surface area contributed by atoms with E-state index in [-0.39, 0.29) is 22.5 Å². The highest BCUT2D eigenvalue weighted by atomic mass is 35.5. The Labute approximate surface area is 164 Å². The summed E-state index contributed by atoms with van der Waals surface area (Å²) in [6.07, 6.45) is -4.78. The Morgan fingerprint density at radius 1 is 1.07 bits per heavy atom. The standard InChI is InChI=1S/C18H10ClF6N3O/c19-8-10-7-15(18(23,24)25)27-28(10)17(29)26-14-4-2-1-3-11(14)9-5-12(20)16(22)13(21)6-9/h1-7H,8H2,(H,26,29). The molecule has 3 aromatic rings. The van der Waals surface area contributed by atoms with Crippen LogP contribution in [0.3, 0.4) is 0 Å². The molecule has 0 radical (unpaired) electrons. The molecule has 4 nitrogen and oxygen atoms in total. The van der Waals surface area contributed by atoms with Gasteiger partial charge < -0.3 is 5.32 Å². The monoisotopic (exact) mass is 433 g/mol. The van der Waals surface area contributed by atoms with E-state index < -0.39 is 41.2 Å². The molecule has 1 heterocycles. The number of benzene rings is 2. The van der Waals surface area contributed by atoms with Crippen molar-refractivity contribution in [2.75, 3.05) is 5.32 Å². The zero-order valence-electron chi connectivity index (χ0n) is 14.2. The third-order valence-electron chi connectivity index (χ3n) is 3.87. The van der Waals surface area contributed by atoms with Crippen LogP contribution in [0.15, 0.2) is 42.5 Å². The topological polar surface area (TPSA) is 46.9 Å². The second-order valence-electron chi connectivity index (χ2n) is 5.79. The molecule has 0 bridgehead atoms. The predicted molar refractivity (Wildman–Crippen MR) is 93.0 cm³/mol. The molecular formula is C18H10ClF6N3O. The molecule has 1 aromatic heterocycles. The number of rotatable bonds is 3. The number of aromatic nitrogens is 2. The fourth-order valence-electron chi connectivity index (χ4n) is 2.55. The first-order chi connectivity index (χ1) is 13.6. The molecule has 0 atom stereocenters. The van der Waals surface area contributed by atoms with Crippen molar-refractivity contribution in [2.45, 2.75) is 12.1 Å². The molecule has 0 aliphatic carbocycles. The molecular weight excluding hydrogens is 424 g/mol. The Balaban J connectivity index is 1.99. The molecule has 0 fully saturated rings. The van der Waals surface area contributed by atoms with Gasteiger partial charge >= 0.3 is 12.2 Å². The van der Waals surface area contributed by atoms with Crippen molar-refractivity contribution < 1.29 is 31.1 Å². The van der Waals surface area contributed by atoms with Crippen LogP contribution in [0.5, 0.6) is 0 Å². The number of hydrogen-bond donors (Lipinski definition) is 1. The number of carbonyl (C=O) groups excluding carboxylic acids is 1. The maximum atomic E-state index is 13.6. The van der Waals surface area contributed by atoms with Crippen LogP contribution in [0.1, 0.15) is 11.4 Å². The molecule has 29 heavy (non-hydrogen) atoms. The SMILES string of the molecule is O=C(Nc1ccccc1-c1cc(F)c(F)c(F)c1)n1nc(C(F)(F)F)cc1CCl. The van der Waals surface area contributed by atoms with Crippen LogP contribution >= 0.6 is 11.6 Å². The Hall–Kier alpha value is -3.01. The van der Waals surface area contributed by atoms with Gasteiger partial charge in [0, 0.05) is 5.56 Å². The zero-order chi connectivity index (χ0) is 21.3. The van der Waals surface area contributed by atoms with Crippen molar-refractivity contribution in [1.29, 1.82) is 0 Å². The average Bonchev–Trinajstić information content (AvgIpc) is 3.11. The highest BCUT2D eigenvalue weighted by molar-refractivity contribution is 6.17. The predicted octanol–water partition coefficient (Wildman–Crippen LogP) is 5.81. The van der Waals surface area contributed by atoms with E-state index in [0.29, 0.717) is 10.7 Å². The lowest BCUT2D eigenvalue weighted by Gasteiger charge is -2.12. The minimum atomic E-state index is -4.78. The second-order valence-corrected chi connectivity index (χ2v) is 6.06. The summed E-state index contributed by atoms with van der Waals surface area (Å²) >= 11 is 5.59. The quantitative estimate of drug-likeness (QED) is 0.322. The van der Waals surface area contributed by atoms with Crippen molar-refractivity contribution in [3.63, 3.8) is 0 Å². The van der Waals surface area contributed by atoms with Crippen LogP contribution < -0.4 is 5.32 Å². The molecule has 0 aliphatic heterocycles. The molecule has 0 saturated carbocycles. The Morgan fingerprint density at radius 3 is 2.28 bits per heavy atom. The summed E-state index contributed by atoms with van der Waals surface area (Å²) in [7, 11) is 0. The normalized spacial score (nSPS) is 11.6. The van der Waals surface area contributed by atoms with Crippen molar-refractivity contribution in [3.8, 4) is 11.1 Å².